The van der Waals surface area contributed by atoms with Crippen LogP contribution in [0.25, 0.3) is 11.3 Å². The highest BCUT2D eigenvalue weighted by Crippen LogP contribution is 2.35. The molecule has 0 spiro atoms. The van der Waals surface area contributed by atoms with Crippen LogP contribution in [0, 0.1) is 0 Å². The molecule has 6 heteroatoms. The molecule has 5 nitrogen and oxygen atoms in total. The Balaban J connectivity index is 2.09. The Morgan fingerprint density at radius 2 is 2.04 bits per heavy atom. The molecule has 0 radical (unpaired) electrons. The van der Waals surface area contributed by atoms with Crippen LogP contribution in [0.2, 0.25) is 5.15 Å². The third kappa shape index (κ3) is 3.69. The Bertz CT molecular complexity index is 877. The average Bonchev–Trinajstić information content (AvgIpc) is 2.67. The van der Waals surface area contributed by atoms with Gasteiger partial charge in [-0.1, -0.05) is 48.0 Å². The molecule has 1 aliphatic rings. The summed E-state index contributed by atoms with van der Waals surface area (Å²) in [7, 11) is 1.28. The number of allylic oxidation sites excluding steroid dienone is 1. The van der Waals surface area contributed by atoms with E-state index in [1.807, 2.05) is 36.4 Å². The number of hydrogen-bond acceptors (Lipinski definition) is 5. The predicted octanol–water partition coefficient (Wildman–Crippen LogP) is 3.90. The first-order valence-corrected chi connectivity index (χ1v) is 8.62. The Morgan fingerprint density at radius 3 is 2.69 bits per heavy atom. The van der Waals surface area contributed by atoms with Crippen LogP contribution in [-0.4, -0.2) is 29.0 Å². The number of carbonyl (C=O) groups is 2. The van der Waals surface area contributed by atoms with Crippen molar-refractivity contribution in [1.82, 2.24) is 4.98 Å². The van der Waals surface area contributed by atoms with Crippen LogP contribution in [0.5, 0.6) is 0 Å². The molecule has 1 aliphatic carbocycles. The van der Waals surface area contributed by atoms with E-state index in [0.717, 1.165) is 0 Å². The summed E-state index contributed by atoms with van der Waals surface area (Å²) in [6, 6.07) is 10.6. The number of halogens is 1. The standard InChI is InChI=1S/C20H18ClNO4/c1-26-20(25)15-11-16(18(24)13-8-5-9-14(23)10-13)19(21)22-17(15)12-6-3-2-4-7-12/h2-4,6-8,11,18,24H,5,9-10H2,1H3. The van der Waals surface area contributed by atoms with Crippen molar-refractivity contribution in [2.75, 3.05) is 7.11 Å². The Labute approximate surface area is 156 Å². The van der Waals surface area contributed by atoms with Gasteiger partial charge in [0.2, 0.25) is 0 Å². The lowest BCUT2D eigenvalue weighted by Gasteiger charge is -2.20. The maximum Gasteiger partial charge on any atom is 0.340 e. The molecule has 1 N–H and O–H groups in total. The van der Waals surface area contributed by atoms with Gasteiger partial charge in [0.1, 0.15) is 17.0 Å². The second kappa shape index (κ2) is 7.81. The van der Waals surface area contributed by atoms with E-state index in [4.69, 9.17) is 16.3 Å². The molecule has 3 rings (SSSR count). The van der Waals surface area contributed by atoms with Crippen LogP contribution in [0.15, 0.2) is 48.0 Å². The van der Waals surface area contributed by atoms with E-state index in [1.54, 1.807) is 0 Å². The number of pyridine rings is 1. The molecular weight excluding hydrogens is 354 g/mol. The minimum Gasteiger partial charge on any atom is -0.465 e. The fraction of sp³-hybridized carbons (Fsp3) is 0.250. The van der Waals surface area contributed by atoms with E-state index in [1.165, 1.54) is 13.2 Å². The van der Waals surface area contributed by atoms with Gasteiger partial charge in [0.25, 0.3) is 0 Å². The van der Waals surface area contributed by atoms with Crippen molar-refractivity contribution in [3.05, 3.63) is 64.3 Å². The molecule has 1 unspecified atom stereocenters. The number of esters is 1. The zero-order valence-electron chi connectivity index (χ0n) is 14.2. The molecule has 2 aromatic rings. The molecule has 1 aromatic heterocycles. The molecule has 26 heavy (non-hydrogen) atoms. The SMILES string of the molecule is COC(=O)c1cc(C(O)C2=CCCC(=O)C2)c(Cl)nc1-c1ccccc1. The van der Waals surface area contributed by atoms with Crippen molar-refractivity contribution in [2.24, 2.45) is 0 Å². The summed E-state index contributed by atoms with van der Waals surface area (Å²) in [5, 5.41) is 10.8. The highest BCUT2D eigenvalue weighted by Gasteiger charge is 2.25. The van der Waals surface area contributed by atoms with Crippen molar-refractivity contribution in [3.8, 4) is 11.3 Å². The number of nitrogens with zero attached hydrogens (tertiary/aromatic N) is 1. The van der Waals surface area contributed by atoms with Gasteiger partial charge in [0, 0.05) is 24.0 Å². The number of aromatic nitrogens is 1. The van der Waals surface area contributed by atoms with E-state index in [-0.39, 0.29) is 28.5 Å². The lowest BCUT2D eigenvalue weighted by atomic mass is 9.90. The average molecular weight is 372 g/mol. The molecule has 0 saturated carbocycles. The number of carbonyl (C=O) groups excluding carboxylic acids is 2. The Hall–Kier alpha value is -2.50. The van der Waals surface area contributed by atoms with Crippen molar-refractivity contribution in [1.29, 1.82) is 0 Å². The van der Waals surface area contributed by atoms with E-state index >= 15 is 0 Å². The predicted molar refractivity (Wildman–Crippen MR) is 97.9 cm³/mol. The molecule has 1 heterocycles. The molecule has 0 aliphatic heterocycles. The van der Waals surface area contributed by atoms with Gasteiger partial charge in [-0.25, -0.2) is 9.78 Å². The molecule has 0 fully saturated rings. The molecule has 0 saturated heterocycles. The number of benzene rings is 1. The summed E-state index contributed by atoms with van der Waals surface area (Å²) >= 11 is 6.31. The number of Topliss-reactive ketones (excluding diaryl/α,β-unsaturated/α-hetero) is 1. The third-order valence-electron chi connectivity index (χ3n) is 4.33. The van der Waals surface area contributed by atoms with E-state index in [2.05, 4.69) is 4.98 Å². The van der Waals surface area contributed by atoms with Crippen molar-refractivity contribution in [3.63, 3.8) is 0 Å². The molecule has 0 amide bonds. The van der Waals surface area contributed by atoms with Gasteiger partial charge in [-0.05, 0) is 18.1 Å². The number of aliphatic hydroxyl groups excluding tert-OH is 1. The monoisotopic (exact) mass is 371 g/mol. The summed E-state index contributed by atoms with van der Waals surface area (Å²) in [5.74, 6) is -0.505. The topological polar surface area (TPSA) is 76.5 Å². The molecular formula is C20H18ClNO4. The normalized spacial score (nSPS) is 15.3. The number of hydrogen-bond donors (Lipinski definition) is 1. The van der Waals surface area contributed by atoms with E-state index in [9.17, 15) is 14.7 Å². The maximum absolute atomic E-state index is 12.3. The van der Waals surface area contributed by atoms with Crippen LogP contribution in [0.3, 0.4) is 0 Å². The molecule has 134 valence electrons. The number of rotatable bonds is 4. The zero-order valence-corrected chi connectivity index (χ0v) is 15.0. The van der Waals surface area contributed by atoms with Crippen molar-refractivity contribution >= 4 is 23.4 Å². The van der Waals surface area contributed by atoms with Crippen LogP contribution in [-0.2, 0) is 9.53 Å². The summed E-state index contributed by atoms with van der Waals surface area (Å²) in [6.07, 6.45) is 1.98. The molecule has 1 aromatic carbocycles. The number of ether oxygens (including phenoxy) is 1. The number of methoxy groups -OCH3 is 1. The minimum atomic E-state index is -1.09. The second-order valence-electron chi connectivity index (χ2n) is 6.06. The Morgan fingerprint density at radius 1 is 1.31 bits per heavy atom. The lowest BCUT2D eigenvalue weighted by Crippen LogP contribution is -2.14. The lowest BCUT2D eigenvalue weighted by molar-refractivity contribution is -0.118. The quantitative estimate of drug-likeness (QED) is 0.501. The van der Waals surface area contributed by atoms with Crippen molar-refractivity contribution < 1.29 is 19.4 Å². The van der Waals surface area contributed by atoms with Gasteiger partial charge >= 0.3 is 5.97 Å². The molecule has 0 bridgehead atoms. The van der Waals surface area contributed by atoms with Crippen LogP contribution < -0.4 is 0 Å². The summed E-state index contributed by atoms with van der Waals surface area (Å²) in [4.78, 5) is 28.3. The maximum atomic E-state index is 12.3. The van der Waals surface area contributed by atoms with Crippen LogP contribution >= 0.6 is 11.6 Å². The fourth-order valence-electron chi connectivity index (χ4n) is 2.99. The van der Waals surface area contributed by atoms with Gasteiger partial charge in [0.05, 0.1) is 18.4 Å². The third-order valence-corrected chi connectivity index (χ3v) is 4.64. The first kappa shape index (κ1) is 18.3. The number of ketones is 1. The van der Waals surface area contributed by atoms with Gasteiger partial charge < -0.3 is 9.84 Å². The smallest absolute Gasteiger partial charge is 0.340 e. The van der Waals surface area contributed by atoms with E-state index in [0.29, 0.717) is 29.7 Å². The van der Waals surface area contributed by atoms with Gasteiger partial charge in [0.15, 0.2) is 0 Å². The fourth-order valence-corrected chi connectivity index (χ4v) is 3.24. The first-order valence-electron chi connectivity index (χ1n) is 8.24. The van der Waals surface area contributed by atoms with Crippen LogP contribution in [0.4, 0.5) is 0 Å². The van der Waals surface area contributed by atoms with E-state index < -0.39 is 12.1 Å². The summed E-state index contributed by atoms with van der Waals surface area (Å²) in [6.45, 7) is 0. The van der Waals surface area contributed by atoms with Crippen LogP contribution in [0.1, 0.15) is 41.3 Å². The van der Waals surface area contributed by atoms with Gasteiger partial charge in [-0.15, -0.1) is 0 Å². The summed E-state index contributed by atoms with van der Waals surface area (Å²) < 4.78 is 4.86. The van der Waals surface area contributed by atoms with Gasteiger partial charge in [-0.3, -0.25) is 4.79 Å². The second-order valence-corrected chi connectivity index (χ2v) is 6.42. The highest BCUT2D eigenvalue weighted by atomic mass is 35.5. The Kier molecular flexibility index (Phi) is 5.49. The largest absolute Gasteiger partial charge is 0.465 e. The van der Waals surface area contributed by atoms with Crippen molar-refractivity contribution in [2.45, 2.75) is 25.4 Å². The number of aliphatic hydroxyl groups is 1. The molecule has 1 atom stereocenters. The minimum absolute atomic E-state index is 0.0692. The summed E-state index contributed by atoms with van der Waals surface area (Å²) in [5.41, 5.74) is 2.16. The zero-order chi connectivity index (χ0) is 18.7. The van der Waals surface area contributed by atoms with Gasteiger partial charge in [-0.2, -0.15) is 0 Å². The first-order chi connectivity index (χ1) is 12.5. The highest BCUT2D eigenvalue weighted by molar-refractivity contribution is 6.30.